The van der Waals surface area contributed by atoms with Crippen LogP contribution in [0.5, 0.6) is 0 Å². The Kier molecular flexibility index (Phi) is 4.51. The number of rotatable bonds is 5. The van der Waals surface area contributed by atoms with E-state index >= 15 is 0 Å². The smallest absolute Gasteiger partial charge is 0.244 e. The van der Waals surface area contributed by atoms with Crippen molar-refractivity contribution in [1.29, 1.82) is 0 Å². The lowest BCUT2D eigenvalue weighted by Gasteiger charge is -2.34. The quantitative estimate of drug-likeness (QED) is 0.901. The average Bonchev–Trinajstić information content (AvgIpc) is 3.26. The van der Waals surface area contributed by atoms with Crippen LogP contribution in [0.25, 0.3) is 0 Å². The topological polar surface area (TPSA) is 32.3 Å². The molecule has 0 bridgehead atoms. The molecule has 1 saturated heterocycles. The van der Waals surface area contributed by atoms with Gasteiger partial charge in [-0.25, -0.2) is 0 Å². The van der Waals surface area contributed by atoms with Gasteiger partial charge in [-0.05, 0) is 44.2 Å². The average molecular weight is 307 g/mol. The Morgan fingerprint density at radius 1 is 1.33 bits per heavy atom. The Balaban J connectivity index is 1.66. The number of halogens is 1. The van der Waals surface area contributed by atoms with E-state index in [2.05, 4.69) is 12.2 Å². The van der Waals surface area contributed by atoms with E-state index in [1.807, 2.05) is 29.2 Å². The second-order valence-electron chi connectivity index (χ2n) is 6.38. The lowest BCUT2D eigenvalue weighted by Crippen LogP contribution is -2.53. The summed E-state index contributed by atoms with van der Waals surface area (Å²) in [6.45, 7) is 2.96. The molecular weight excluding hydrogens is 284 g/mol. The molecule has 1 amide bonds. The highest BCUT2D eigenvalue weighted by Crippen LogP contribution is 2.34. The van der Waals surface area contributed by atoms with E-state index in [4.69, 9.17) is 11.6 Å². The molecule has 3 rings (SSSR count). The number of anilines is 1. The van der Waals surface area contributed by atoms with Crippen LogP contribution in [-0.2, 0) is 4.79 Å². The molecule has 1 aromatic rings. The zero-order valence-electron chi connectivity index (χ0n) is 12.5. The molecule has 1 N–H and O–H groups in total. The van der Waals surface area contributed by atoms with Crippen LogP contribution in [0.2, 0.25) is 5.02 Å². The fourth-order valence-corrected chi connectivity index (χ4v) is 3.44. The van der Waals surface area contributed by atoms with Gasteiger partial charge < -0.3 is 10.2 Å². The van der Waals surface area contributed by atoms with Gasteiger partial charge in [0.25, 0.3) is 0 Å². The zero-order valence-corrected chi connectivity index (χ0v) is 13.3. The number of amides is 1. The Hall–Kier alpha value is -1.06. The summed E-state index contributed by atoms with van der Waals surface area (Å²) in [4.78, 5) is 14.6. The molecule has 1 heterocycles. The van der Waals surface area contributed by atoms with Crippen LogP contribution in [0.1, 0.15) is 39.0 Å². The lowest BCUT2D eigenvalue weighted by atomic mass is 10.0. The van der Waals surface area contributed by atoms with Crippen LogP contribution >= 0.6 is 11.6 Å². The fourth-order valence-electron chi connectivity index (χ4n) is 3.20. The fraction of sp³-hybridized carbons (Fsp3) is 0.588. The molecule has 1 saturated carbocycles. The zero-order chi connectivity index (χ0) is 14.8. The summed E-state index contributed by atoms with van der Waals surface area (Å²) in [6, 6.07) is 7.95. The first kappa shape index (κ1) is 14.9. The summed E-state index contributed by atoms with van der Waals surface area (Å²) in [6.07, 6.45) is 5.85. The van der Waals surface area contributed by atoms with E-state index in [1.54, 1.807) is 0 Å². The van der Waals surface area contributed by atoms with Crippen molar-refractivity contribution in [2.75, 3.05) is 11.4 Å². The Morgan fingerprint density at radius 3 is 2.81 bits per heavy atom. The summed E-state index contributed by atoms with van der Waals surface area (Å²) in [5, 5.41) is 4.18. The van der Waals surface area contributed by atoms with Crippen molar-refractivity contribution >= 4 is 23.2 Å². The van der Waals surface area contributed by atoms with Gasteiger partial charge in [0, 0.05) is 12.6 Å². The second kappa shape index (κ2) is 6.37. The largest absolute Gasteiger partial charge is 0.310 e. The van der Waals surface area contributed by atoms with Gasteiger partial charge in [-0.15, -0.1) is 0 Å². The van der Waals surface area contributed by atoms with Gasteiger partial charge in [0.15, 0.2) is 0 Å². The van der Waals surface area contributed by atoms with E-state index in [9.17, 15) is 4.79 Å². The predicted molar refractivity (Wildman–Crippen MR) is 86.8 cm³/mol. The molecule has 2 aliphatic rings. The number of benzene rings is 1. The van der Waals surface area contributed by atoms with Gasteiger partial charge in [-0.1, -0.05) is 36.6 Å². The Bertz CT molecular complexity index is 515. The molecule has 0 spiro atoms. The summed E-state index contributed by atoms with van der Waals surface area (Å²) in [7, 11) is 0. The number of nitrogens with one attached hydrogen (secondary N) is 1. The molecule has 0 radical (unpaired) electrons. The molecule has 1 aliphatic heterocycles. The molecule has 4 heteroatoms. The number of para-hydroxylation sites is 1. The first-order chi connectivity index (χ1) is 10.1. The molecule has 3 nitrogen and oxygen atoms in total. The van der Waals surface area contributed by atoms with Crippen molar-refractivity contribution in [3.63, 3.8) is 0 Å². The predicted octanol–water partition coefficient (Wildman–Crippen LogP) is 3.61. The van der Waals surface area contributed by atoms with Crippen LogP contribution in [0.4, 0.5) is 5.69 Å². The molecule has 1 aliphatic carbocycles. The third-order valence-corrected chi connectivity index (χ3v) is 4.77. The standard InChI is InChI=1S/C17H23ClN2O/c1-12(11-13-8-9-13)19-15-6-4-10-20(17(15)21)16-7-3-2-5-14(16)18/h2-3,5,7,12-13,15,19H,4,6,8-11H2,1H3/t12-,15-/m1/s1. The number of carbonyl (C=O) groups is 1. The first-order valence-electron chi connectivity index (χ1n) is 7.97. The number of hydrogen-bond acceptors (Lipinski definition) is 2. The van der Waals surface area contributed by atoms with Gasteiger partial charge in [-0.3, -0.25) is 4.79 Å². The minimum Gasteiger partial charge on any atom is -0.310 e. The van der Waals surface area contributed by atoms with Gasteiger partial charge in [0.2, 0.25) is 5.91 Å². The Morgan fingerprint density at radius 2 is 2.10 bits per heavy atom. The first-order valence-corrected chi connectivity index (χ1v) is 8.35. The maximum atomic E-state index is 12.7. The molecule has 114 valence electrons. The highest BCUT2D eigenvalue weighted by atomic mass is 35.5. The normalized spacial score (nSPS) is 24.2. The number of nitrogens with zero attached hydrogens (tertiary/aromatic N) is 1. The van der Waals surface area contributed by atoms with Crippen molar-refractivity contribution in [1.82, 2.24) is 5.32 Å². The third kappa shape index (κ3) is 3.58. The van der Waals surface area contributed by atoms with Crippen molar-refractivity contribution in [3.8, 4) is 0 Å². The van der Waals surface area contributed by atoms with Crippen molar-refractivity contribution in [3.05, 3.63) is 29.3 Å². The summed E-state index contributed by atoms with van der Waals surface area (Å²) in [5.41, 5.74) is 0.838. The molecular formula is C17H23ClN2O. The van der Waals surface area contributed by atoms with Crippen molar-refractivity contribution < 1.29 is 4.79 Å². The van der Waals surface area contributed by atoms with Crippen molar-refractivity contribution in [2.24, 2.45) is 5.92 Å². The van der Waals surface area contributed by atoms with Gasteiger partial charge in [0.1, 0.15) is 0 Å². The maximum Gasteiger partial charge on any atom is 0.244 e. The van der Waals surface area contributed by atoms with Crippen molar-refractivity contribution in [2.45, 2.75) is 51.1 Å². The van der Waals surface area contributed by atoms with Gasteiger partial charge in [0.05, 0.1) is 16.8 Å². The highest BCUT2D eigenvalue weighted by Gasteiger charge is 2.32. The SMILES string of the molecule is C[C@H](CC1CC1)N[C@@H]1CCCN(c2ccccc2Cl)C1=O. The van der Waals surface area contributed by atoms with Crippen LogP contribution < -0.4 is 10.2 Å². The number of piperidine rings is 1. The number of carbonyl (C=O) groups excluding carboxylic acids is 1. The third-order valence-electron chi connectivity index (χ3n) is 4.45. The van der Waals surface area contributed by atoms with Crippen LogP contribution in [-0.4, -0.2) is 24.5 Å². The highest BCUT2D eigenvalue weighted by molar-refractivity contribution is 6.33. The van der Waals surface area contributed by atoms with E-state index in [0.717, 1.165) is 31.0 Å². The molecule has 1 aromatic carbocycles. The summed E-state index contributed by atoms with van der Waals surface area (Å²) in [5.74, 6) is 1.04. The van der Waals surface area contributed by atoms with E-state index in [0.29, 0.717) is 11.1 Å². The summed E-state index contributed by atoms with van der Waals surface area (Å²) >= 11 is 6.24. The Labute approximate surface area is 131 Å². The lowest BCUT2D eigenvalue weighted by molar-refractivity contribution is -0.122. The monoisotopic (exact) mass is 306 g/mol. The molecule has 2 fully saturated rings. The van der Waals surface area contributed by atoms with E-state index in [-0.39, 0.29) is 11.9 Å². The van der Waals surface area contributed by atoms with E-state index < -0.39 is 0 Å². The van der Waals surface area contributed by atoms with E-state index in [1.165, 1.54) is 19.3 Å². The molecule has 21 heavy (non-hydrogen) atoms. The maximum absolute atomic E-state index is 12.7. The second-order valence-corrected chi connectivity index (χ2v) is 6.79. The minimum absolute atomic E-state index is 0.0660. The molecule has 2 atom stereocenters. The molecule has 0 aromatic heterocycles. The summed E-state index contributed by atoms with van der Waals surface area (Å²) < 4.78 is 0. The molecule has 0 unspecified atom stereocenters. The minimum atomic E-state index is -0.0660. The van der Waals surface area contributed by atoms with Crippen LogP contribution in [0.3, 0.4) is 0 Å². The van der Waals surface area contributed by atoms with Crippen LogP contribution in [0.15, 0.2) is 24.3 Å². The van der Waals surface area contributed by atoms with Gasteiger partial charge in [-0.2, -0.15) is 0 Å². The van der Waals surface area contributed by atoms with Crippen LogP contribution in [0, 0.1) is 5.92 Å². The van der Waals surface area contributed by atoms with Gasteiger partial charge >= 0.3 is 0 Å². The number of hydrogen-bond donors (Lipinski definition) is 1.